The molecule has 20 heavy (non-hydrogen) atoms. The van der Waals surface area contributed by atoms with E-state index in [1.807, 2.05) is 18.2 Å². The molecule has 0 aliphatic rings. The van der Waals surface area contributed by atoms with Gasteiger partial charge in [-0.1, -0.05) is 26.8 Å². The molecule has 1 rings (SSSR count). The summed E-state index contributed by atoms with van der Waals surface area (Å²) in [4.78, 5) is 2.32. The lowest BCUT2D eigenvalue weighted by molar-refractivity contribution is 0.134. The first-order valence-electron chi connectivity index (χ1n) is 6.88. The second-order valence-corrected chi connectivity index (χ2v) is 6.41. The number of methoxy groups -OCH3 is 1. The van der Waals surface area contributed by atoms with E-state index in [0.717, 1.165) is 12.1 Å². The van der Waals surface area contributed by atoms with E-state index < -0.39 is 0 Å². The van der Waals surface area contributed by atoms with E-state index in [2.05, 4.69) is 39.6 Å². The summed E-state index contributed by atoms with van der Waals surface area (Å²) in [7, 11) is 3.73. The van der Waals surface area contributed by atoms with Crippen molar-refractivity contribution in [1.29, 1.82) is 5.41 Å². The Kier molecular flexibility index (Phi) is 5.17. The lowest BCUT2D eigenvalue weighted by Crippen LogP contribution is -2.38. The van der Waals surface area contributed by atoms with Crippen LogP contribution in [0.3, 0.4) is 0 Å². The van der Waals surface area contributed by atoms with Crippen LogP contribution in [-0.4, -0.2) is 30.9 Å². The molecule has 0 spiro atoms. The van der Waals surface area contributed by atoms with Gasteiger partial charge in [0.15, 0.2) is 0 Å². The SMILES string of the molecule is COc1cc(CN(C)C(C)C(C)(C)C)ccc1C(=N)N. The molecule has 0 radical (unpaired) electrons. The maximum atomic E-state index is 7.53. The number of hydrogen-bond acceptors (Lipinski definition) is 3. The molecule has 0 saturated carbocycles. The van der Waals surface area contributed by atoms with Gasteiger partial charge in [0.05, 0.1) is 12.7 Å². The Morgan fingerprint density at radius 3 is 2.45 bits per heavy atom. The lowest BCUT2D eigenvalue weighted by atomic mass is 9.87. The van der Waals surface area contributed by atoms with Crippen LogP contribution >= 0.6 is 0 Å². The van der Waals surface area contributed by atoms with Crippen molar-refractivity contribution >= 4 is 5.84 Å². The molecule has 0 heterocycles. The average Bonchev–Trinajstić information content (AvgIpc) is 2.36. The van der Waals surface area contributed by atoms with Crippen molar-refractivity contribution in [3.05, 3.63) is 29.3 Å². The first-order valence-corrected chi connectivity index (χ1v) is 6.88. The highest BCUT2D eigenvalue weighted by Crippen LogP contribution is 2.26. The molecule has 1 atom stereocenters. The number of hydrogen-bond donors (Lipinski definition) is 2. The predicted molar refractivity (Wildman–Crippen MR) is 84.4 cm³/mol. The smallest absolute Gasteiger partial charge is 0.130 e. The van der Waals surface area contributed by atoms with Gasteiger partial charge >= 0.3 is 0 Å². The molecule has 0 aromatic heterocycles. The number of benzene rings is 1. The zero-order valence-corrected chi connectivity index (χ0v) is 13.4. The monoisotopic (exact) mass is 277 g/mol. The van der Waals surface area contributed by atoms with Gasteiger partial charge in [-0.2, -0.15) is 0 Å². The highest BCUT2D eigenvalue weighted by Gasteiger charge is 2.23. The first-order chi connectivity index (χ1) is 9.16. The van der Waals surface area contributed by atoms with Crippen molar-refractivity contribution in [2.45, 2.75) is 40.3 Å². The Hall–Kier alpha value is -1.55. The van der Waals surface area contributed by atoms with Gasteiger partial charge in [-0.15, -0.1) is 0 Å². The van der Waals surface area contributed by atoms with Gasteiger partial charge in [-0.3, -0.25) is 10.3 Å². The summed E-state index contributed by atoms with van der Waals surface area (Å²) in [5, 5.41) is 7.53. The fourth-order valence-corrected chi connectivity index (χ4v) is 2.14. The second kappa shape index (κ2) is 6.27. The molecule has 4 heteroatoms. The third-order valence-electron chi connectivity index (χ3n) is 3.90. The molecular formula is C16H27N3O. The van der Waals surface area contributed by atoms with Crippen LogP contribution in [0, 0.1) is 10.8 Å². The van der Waals surface area contributed by atoms with Gasteiger partial charge in [-0.05, 0) is 37.1 Å². The average molecular weight is 277 g/mol. The summed E-state index contributed by atoms with van der Waals surface area (Å²) >= 11 is 0. The van der Waals surface area contributed by atoms with Crippen molar-refractivity contribution < 1.29 is 4.74 Å². The van der Waals surface area contributed by atoms with Gasteiger partial charge in [0.2, 0.25) is 0 Å². The van der Waals surface area contributed by atoms with E-state index in [1.165, 1.54) is 0 Å². The van der Waals surface area contributed by atoms with Crippen molar-refractivity contribution in [2.75, 3.05) is 14.2 Å². The van der Waals surface area contributed by atoms with Crippen molar-refractivity contribution in [3.8, 4) is 5.75 Å². The normalized spacial score (nSPS) is 13.3. The quantitative estimate of drug-likeness (QED) is 0.642. The van der Waals surface area contributed by atoms with Crippen molar-refractivity contribution in [1.82, 2.24) is 4.90 Å². The molecule has 1 aromatic rings. The number of amidine groups is 1. The van der Waals surface area contributed by atoms with Crippen molar-refractivity contribution in [3.63, 3.8) is 0 Å². The predicted octanol–water partition coefficient (Wildman–Crippen LogP) is 2.85. The van der Waals surface area contributed by atoms with Crippen LogP contribution in [0.5, 0.6) is 5.75 Å². The third-order valence-corrected chi connectivity index (χ3v) is 3.90. The molecule has 0 bridgehead atoms. The number of rotatable bonds is 5. The van der Waals surface area contributed by atoms with E-state index >= 15 is 0 Å². The van der Waals surface area contributed by atoms with Gasteiger partial charge < -0.3 is 10.5 Å². The zero-order chi connectivity index (χ0) is 15.5. The first kappa shape index (κ1) is 16.5. The fourth-order valence-electron chi connectivity index (χ4n) is 2.14. The van der Waals surface area contributed by atoms with E-state index in [9.17, 15) is 0 Å². The summed E-state index contributed by atoms with van der Waals surface area (Å²) in [6, 6.07) is 6.28. The number of ether oxygens (including phenoxy) is 1. The van der Waals surface area contributed by atoms with Crippen molar-refractivity contribution in [2.24, 2.45) is 11.1 Å². The summed E-state index contributed by atoms with van der Waals surface area (Å²) in [6.07, 6.45) is 0. The Morgan fingerprint density at radius 1 is 1.40 bits per heavy atom. The molecule has 3 N–H and O–H groups in total. The summed E-state index contributed by atoms with van der Waals surface area (Å²) in [5.41, 5.74) is 7.57. The van der Waals surface area contributed by atoms with E-state index in [-0.39, 0.29) is 11.3 Å². The van der Waals surface area contributed by atoms with Crippen LogP contribution in [0.4, 0.5) is 0 Å². The zero-order valence-electron chi connectivity index (χ0n) is 13.4. The Labute approximate surface area is 122 Å². The molecule has 1 unspecified atom stereocenters. The molecule has 0 saturated heterocycles. The summed E-state index contributed by atoms with van der Waals surface area (Å²) in [6.45, 7) is 9.81. The standard InChI is InChI=1S/C16H27N3O/c1-11(16(2,3)4)19(5)10-12-7-8-13(15(17)18)14(9-12)20-6/h7-9,11H,10H2,1-6H3,(H3,17,18). The lowest BCUT2D eigenvalue weighted by Gasteiger charge is -2.35. The summed E-state index contributed by atoms with van der Waals surface area (Å²) < 4.78 is 5.32. The minimum Gasteiger partial charge on any atom is -0.496 e. The number of nitrogens with zero attached hydrogens (tertiary/aromatic N) is 1. The fraction of sp³-hybridized carbons (Fsp3) is 0.562. The third kappa shape index (κ3) is 3.97. The van der Waals surface area contributed by atoms with Gasteiger partial charge in [0.1, 0.15) is 11.6 Å². The number of nitrogens with one attached hydrogen (secondary N) is 1. The highest BCUT2D eigenvalue weighted by molar-refractivity contribution is 5.97. The maximum Gasteiger partial charge on any atom is 0.130 e. The molecule has 112 valence electrons. The Balaban J connectivity index is 2.91. The molecule has 4 nitrogen and oxygen atoms in total. The largest absolute Gasteiger partial charge is 0.496 e. The Bertz CT molecular complexity index is 477. The molecule has 0 amide bonds. The highest BCUT2D eigenvalue weighted by atomic mass is 16.5. The number of nitrogen functional groups attached to an aromatic ring is 1. The van der Waals surface area contributed by atoms with E-state index in [1.54, 1.807) is 7.11 Å². The minimum atomic E-state index is 0.0322. The topological polar surface area (TPSA) is 62.3 Å². The van der Waals surface area contributed by atoms with Crippen LogP contribution in [-0.2, 0) is 6.54 Å². The van der Waals surface area contributed by atoms with Crippen LogP contribution < -0.4 is 10.5 Å². The van der Waals surface area contributed by atoms with Crippen LogP contribution in [0.15, 0.2) is 18.2 Å². The van der Waals surface area contributed by atoms with Gasteiger partial charge in [0, 0.05) is 12.6 Å². The van der Waals surface area contributed by atoms with Crippen LogP contribution in [0.2, 0.25) is 0 Å². The van der Waals surface area contributed by atoms with Gasteiger partial charge in [-0.25, -0.2) is 0 Å². The van der Waals surface area contributed by atoms with E-state index in [4.69, 9.17) is 15.9 Å². The molecule has 1 aromatic carbocycles. The maximum absolute atomic E-state index is 7.53. The second-order valence-electron chi connectivity index (χ2n) is 6.41. The number of nitrogens with two attached hydrogens (primary N) is 1. The molecule has 0 aliphatic carbocycles. The molecule has 0 fully saturated rings. The summed E-state index contributed by atoms with van der Waals surface area (Å²) in [5.74, 6) is 0.691. The van der Waals surface area contributed by atoms with Gasteiger partial charge in [0.25, 0.3) is 0 Å². The Morgan fingerprint density at radius 2 is 2.00 bits per heavy atom. The molecular weight excluding hydrogens is 250 g/mol. The van der Waals surface area contributed by atoms with Crippen LogP contribution in [0.25, 0.3) is 0 Å². The minimum absolute atomic E-state index is 0.0322. The van der Waals surface area contributed by atoms with Crippen LogP contribution in [0.1, 0.15) is 38.8 Å². The van der Waals surface area contributed by atoms with E-state index in [0.29, 0.717) is 17.4 Å². The molecule has 0 aliphatic heterocycles.